The fourth-order valence-electron chi connectivity index (χ4n) is 2.02. The van der Waals surface area contributed by atoms with Crippen molar-refractivity contribution in [1.29, 1.82) is 0 Å². The van der Waals surface area contributed by atoms with Crippen LogP contribution in [0.5, 0.6) is 0 Å². The molecule has 0 saturated heterocycles. The molecule has 1 aromatic carbocycles. The summed E-state index contributed by atoms with van der Waals surface area (Å²) in [7, 11) is 0. The molecule has 0 aromatic heterocycles. The average molecular weight is 385 g/mol. The van der Waals surface area contributed by atoms with Crippen LogP contribution in [0, 0.1) is 6.92 Å². The van der Waals surface area contributed by atoms with Gasteiger partial charge in [-0.2, -0.15) is 13.2 Å². The van der Waals surface area contributed by atoms with Crippen molar-refractivity contribution in [2.24, 2.45) is 5.73 Å². The second-order valence-electron chi connectivity index (χ2n) is 5.40. The number of amides is 1. The maximum absolute atomic E-state index is 12.4. The summed E-state index contributed by atoms with van der Waals surface area (Å²) >= 11 is 0.686. The molecule has 8 heteroatoms. The van der Waals surface area contributed by atoms with E-state index >= 15 is 0 Å². The Balaban J connectivity index is 0.00000529. The van der Waals surface area contributed by atoms with Gasteiger partial charge in [0.15, 0.2) is 0 Å². The highest BCUT2D eigenvalue weighted by Crippen LogP contribution is 2.33. The number of alkyl halides is 3. The Morgan fingerprint density at radius 2 is 1.88 bits per heavy atom. The summed E-state index contributed by atoms with van der Waals surface area (Å²) in [4.78, 5) is 12.4. The van der Waals surface area contributed by atoms with Gasteiger partial charge in [-0.15, -0.1) is 24.2 Å². The molecule has 1 aromatic rings. The minimum absolute atomic E-state index is 0. The van der Waals surface area contributed by atoms with Crippen LogP contribution >= 0.6 is 24.2 Å². The van der Waals surface area contributed by atoms with Crippen LogP contribution in [0.4, 0.5) is 18.9 Å². The maximum atomic E-state index is 12.4. The van der Waals surface area contributed by atoms with Gasteiger partial charge in [0.1, 0.15) is 0 Å². The number of nitrogens with two attached hydrogens (primary N) is 1. The standard InChI is InChI=1S/C16H23F3N2OS.ClH/c1-12-7-8-14(23-11-16(17,18)19)13(10-12)21-15(22)6-4-2-3-5-9-20;/h7-8,10H,2-6,9,11,20H2,1H3,(H,21,22);1H. The Bertz CT molecular complexity index is 513. The van der Waals surface area contributed by atoms with Gasteiger partial charge in [0.25, 0.3) is 0 Å². The number of hydrogen-bond acceptors (Lipinski definition) is 3. The third-order valence-corrected chi connectivity index (χ3v) is 4.30. The van der Waals surface area contributed by atoms with E-state index in [-0.39, 0.29) is 18.3 Å². The zero-order valence-electron chi connectivity index (χ0n) is 13.6. The fourth-order valence-corrected chi connectivity index (χ4v) is 2.77. The first kappa shape index (κ1) is 23.1. The summed E-state index contributed by atoms with van der Waals surface area (Å²) in [5, 5.41) is 2.73. The Hall–Kier alpha value is -0.920. The van der Waals surface area contributed by atoms with Crippen molar-refractivity contribution in [3.05, 3.63) is 23.8 Å². The molecule has 0 spiro atoms. The summed E-state index contributed by atoms with van der Waals surface area (Å²) in [6, 6.07) is 5.05. The molecular formula is C16H24ClF3N2OS. The van der Waals surface area contributed by atoms with E-state index in [4.69, 9.17) is 5.73 Å². The van der Waals surface area contributed by atoms with E-state index in [1.807, 2.05) is 6.92 Å². The summed E-state index contributed by atoms with van der Waals surface area (Å²) in [6.07, 6.45) is -0.267. The van der Waals surface area contributed by atoms with Gasteiger partial charge in [0.05, 0.1) is 11.4 Å². The van der Waals surface area contributed by atoms with Crippen LogP contribution in [0.2, 0.25) is 0 Å². The maximum Gasteiger partial charge on any atom is 0.398 e. The molecule has 0 heterocycles. The van der Waals surface area contributed by atoms with Gasteiger partial charge >= 0.3 is 6.18 Å². The number of halogens is 4. The van der Waals surface area contributed by atoms with Crippen LogP contribution < -0.4 is 11.1 Å². The lowest BCUT2D eigenvalue weighted by Crippen LogP contribution is -2.13. The van der Waals surface area contributed by atoms with Gasteiger partial charge in [-0.25, -0.2) is 0 Å². The summed E-state index contributed by atoms with van der Waals surface area (Å²) in [5.41, 5.74) is 6.74. The molecule has 0 bridgehead atoms. The Labute approximate surface area is 151 Å². The number of hydrogen-bond donors (Lipinski definition) is 2. The minimum atomic E-state index is -4.24. The van der Waals surface area contributed by atoms with E-state index in [0.717, 1.165) is 31.2 Å². The number of carbonyl (C=O) groups excluding carboxylic acids is 1. The Kier molecular flexibility index (Phi) is 11.2. The lowest BCUT2D eigenvalue weighted by atomic mass is 10.1. The van der Waals surface area contributed by atoms with Crippen LogP contribution in [-0.4, -0.2) is 24.4 Å². The summed E-state index contributed by atoms with van der Waals surface area (Å²) in [5.74, 6) is -1.14. The number of unbranched alkanes of at least 4 members (excludes halogenated alkanes) is 3. The summed E-state index contributed by atoms with van der Waals surface area (Å²) < 4.78 is 37.1. The van der Waals surface area contributed by atoms with Crippen molar-refractivity contribution >= 4 is 35.8 Å². The number of anilines is 1. The van der Waals surface area contributed by atoms with E-state index in [0.29, 0.717) is 35.3 Å². The Morgan fingerprint density at radius 3 is 2.50 bits per heavy atom. The molecule has 0 aliphatic carbocycles. The number of benzene rings is 1. The highest BCUT2D eigenvalue weighted by Gasteiger charge is 2.27. The lowest BCUT2D eigenvalue weighted by molar-refractivity contribution is -0.116. The zero-order valence-corrected chi connectivity index (χ0v) is 15.3. The van der Waals surface area contributed by atoms with Gasteiger partial charge < -0.3 is 11.1 Å². The van der Waals surface area contributed by atoms with Crippen molar-refractivity contribution in [3.63, 3.8) is 0 Å². The monoisotopic (exact) mass is 384 g/mol. The molecule has 1 amide bonds. The number of aryl methyl sites for hydroxylation is 1. The predicted octanol–water partition coefficient (Wildman–Crippen LogP) is 4.92. The SMILES string of the molecule is Cc1ccc(SCC(F)(F)F)c(NC(=O)CCCCCCN)c1.Cl. The predicted molar refractivity (Wildman–Crippen MR) is 96.0 cm³/mol. The largest absolute Gasteiger partial charge is 0.398 e. The van der Waals surface area contributed by atoms with E-state index in [2.05, 4.69) is 5.32 Å². The van der Waals surface area contributed by atoms with E-state index in [1.54, 1.807) is 18.2 Å². The molecule has 3 N–H and O–H groups in total. The number of rotatable bonds is 9. The van der Waals surface area contributed by atoms with Crippen LogP contribution in [0.1, 0.15) is 37.7 Å². The molecule has 0 fully saturated rings. The molecule has 24 heavy (non-hydrogen) atoms. The van der Waals surface area contributed by atoms with Crippen LogP contribution in [0.25, 0.3) is 0 Å². The first-order valence-corrected chi connectivity index (χ1v) is 8.60. The van der Waals surface area contributed by atoms with Gasteiger partial charge in [0.2, 0.25) is 5.91 Å². The van der Waals surface area contributed by atoms with Crippen molar-refractivity contribution in [2.75, 3.05) is 17.6 Å². The van der Waals surface area contributed by atoms with Gasteiger partial charge in [-0.05, 0) is 44.0 Å². The molecule has 0 radical (unpaired) electrons. The quantitative estimate of drug-likeness (QED) is 0.469. The van der Waals surface area contributed by atoms with Crippen molar-refractivity contribution in [1.82, 2.24) is 0 Å². The topological polar surface area (TPSA) is 55.1 Å². The number of thioether (sulfide) groups is 1. The molecule has 0 atom stereocenters. The molecule has 1 rings (SSSR count). The molecule has 3 nitrogen and oxygen atoms in total. The van der Waals surface area contributed by atoms with Crippen molar-refractivity contribution < 1.29 is 18.0 Å². The van der Waals surface area contributed by atoms with Crippen LogP contribution in [0.15, 0.2) is 23.1 Å². The van der Waals surface area contributed by atoms with Gasteiger partial charge in [-0.3, -0.25) is 4.79 Å². The smallest absolute Gasteiger partial charge is 0.330 e. The lowest BCUT2D eigenvalue weighted by Gasteiger charge is -2.13. The summed E-state index contributed by atoms with van der Waals surface area (Å²) in [6.45, 7) is 2.48. The average Bonchev–Trinajstić information content (AvgIpc) is 2.45. The second kappa shape index (κ2) is 11.6. The molecule has 0 unspecified atom stereocenters. The minimum Gasteiger partial charge on any atom is -0.330 e. The second-order valence-corrected chi connectivity index (χ2v) is 6.42. The highest BCUT2D eigenvalue weighted by molar-refractivity contribution is 7.99. The third-order valence-electron chi connectivity index (χ3n) is 3.16. The fraction of sp³-hybridized carbons (Fsp3) is 0.562. The first-order chi connectivity index (χ1) is 10.8. The normalized spacial score (nSPS) is 11.0. The molecule has 0 aliphatic heterocycles. The first-order valence-electron chi connectivity index (χ1n) is 7.62. The molecule has 138 valence electrons. The molecular weight excluding hydrogens is 361 g/mol. The highest BCUT2D eigenvalue weighted by atomic mass is 35.5. The molecule has 0 aliphatic rings. The molecule has 0 saturated carbocycles. The zero-order chi connectivity index (χ0) is 17.3. The van der Waals surface area contributed by atoms with Crippen molar-refractivity contribution in [2.45, 2.75) is 50.1 Å². The van der Waals surface area contributed by atoms with Crippen molar-refractivity contribution in [3.8, 4) is 0 Å². The van der Waals surface area contributed by atoms with Crippen LogP contribution in [0.3, 0.4) is 0 Å². The number of carbonyl (C=O) groups is 1. The van der Waals surface area contributed by atoms with E-state index in [1.165, 1.54) is 0 Å². The third kappa shape index (κ3) is 10.1. The Morgan fingerprint density at radius 1 is 1.21 bits per heavy atom. The number of nitrogens with one attached hydrogen (secondary N) is 1. The van der Waals surface area contributed by atoms with Gasteiger partial charge in [0, 0.05) is 11.3 Å². The van der Waals surface area contributed by atoms with E-state index < -0.39 is 11.9 Å². The van der Waals surface area contributed by atoms with E-state index in [9.17, 15) is 18.0 Å². The van der Waals surface area contributed by atoms with Crippen LogP contribution in [-0.2, 0) is 4.79 Å². The van der Waals surface area contributed by atoms with Gasteiger partial charge in [-0.1, -0.05) is 18.9 Å².